The van der Waals surface area contributed by atoms with Gasteiger partial charge in [-0.25, -0.2) is 9.67 Å². The molecule has 4 aromatic rings. The van der Waals surface area contributed by atoms with Crippen molar-refractivity contribution in [3.05, 3.63) is 71.9 Å². The van der Waals surface area contributed by atoms with E-state index in [0.717, 1.165) is 28.6 Å². The molecule has 2 heterocycles. The molecule has 7 heteroatoms. The Morgan fingerprint density at radius 1 is 1.04 bits per heavy atom. The maximum atomic E-state index is 4.66. The Morgan fingerprint density at radius 2 is 1.96 bits per heavy atom. The second-order valence-electron chi connectivity index (χ2n) is 5.18. The fourth-order valence-corrected chi connectivity index (χ4v) is 3.07. The summed E-state index contributed by atoms with van der Waals surface area (Å²) in [6, 6.07) is 18.3. The van der Waals surface area contributed by atoms with E-state index in [1.165, 1.54) is 5.56 Å². The van der Waals surface area contributed by atoms with E-state index in [9.17, 15) is 0 Å². The van der Waals surface area contributed by atoms with Crippen molar-refractivity contribution < 1.29 is 0 Å². The van der Waals surface area contributed by atoms with Crippen LogP contribution in [0.3, 0.4) is 0 Å². The number of nitrogens with one attached hydrogen (secondary N) is 1. The molecule has 0 atom stereocenters. The first-order valence-electron chi connectivity index (χ1n) is 7.45. The molecule has 2 aromatic heterocycles. The Balaban J connectivity index is 1.51. The van der Waals surface area contributed by atoms with E-state index >= 15 is 0 Å². The molecule has 0 spiro atoms. The van der Waals surface area contributed by atoms with Crippen LogP contribution in [0.15, 0.2) is 66.3 Å². The van der Waals surface area contributed by atoms with E-state index in [2.05, 4.69) is 38.0 Å². The Morgan fingerprint density at radius 3 is 2.79 bits per heavy atom. The van der Waals surface area contributed by atoms with E-state index in [1.54, 1.807) is 22.3 Å². The summed E-state index contributed by atoms with van der Waals surface area (Å²) in [7, 11) is 0. The average Bonchev–Trinajstić information content (AvgIpc) is 3.33. The summed E-state index contributed by atoms with van der Waals surface area (Å²) in [5, 5.41) is 17.6. The molecule has 24 heavy (non-hydrogen) atoms. The summed E-state index contributed by atoms with van der Waals surface area (Å²) in [6.07, 6.45) is 1.58. The van der Waals surface area contributed by atoms with Crippen LogP contribution < -0.4 is 5.32 Å². The molecular formula is C17H14N6S. The van der Waals surface area contributed by atoms with Crippen molar-refractivity contribution in [2.45, 2.75) is 6.54 Å². The maximum absolute atomic E-state index is 4.66. The van der Waals surface area contributed by atoms with E-state index in [-0.39, 0.29) is 0 Å². The highest BCUT2D eigenvalue weighted by molar-refractivity contribution is 7.14. The van der Waals surface area contributed by atoms with Gasteiger partial charge in [0.05, 0.1) is 11.4 Å². The van der Waals surface area contributed by atoms with Crippen LogP contribution >= 0.6 is 11.3 Å². The fourth-order valence-electron chi connectivity index (χ4n) is 2.35. The first-order valence-corrected chi connectivity index (χ1v) is 8.33. The number of rotatable bonds is 5. The van der Waals surface area contributed by atoms with Crippen molar-refractivity contribution in [3.8, 4) is 16.9 Å². The van der Waals surface area contributed by atoms with Gasteiger partial charge in [0.25, 0.3) is 0 Å². The van der Waals surface area contributed by atoms with Gasteiger partial charge in [0.2, 0.25) is 0 Å². The largest absolute Gasteiger partial charge is 0.357 e. The van der Waals surface area contributed by atoms with E-state index in [4.69, 9.17) is 0 Å². The van der Waals surface area contributed by atoms with Crippen LogP contribution in [0, 0.1) is 0 Å². The summed E-state index contributed by atoms with van der Waals surface area (Å²) in [5.41, 5.74) is 4.11. The predicted octanol–water partition coefficient (Wildman–Crippen LogP) is 3.40. The first-order chi connectivity index (χ1) is 11.9. The van der Waals surface area contributed by atoms with Gasteiger partial charge in [-0.05, 0) is 28.1 Å². The minimum absolute atomic E-state index is 0.762. The third-order valence-corrected chi connectivity index (χ3v) is 4.35. The van der Waals surface area contributed by atoms with Crippen LogP contribution in [0.2, 0.25) is 0 Å². The van der Waals surface area contributed by atoms with Gasteiger partial charge in [-0.15, -0.1) is 16.4 Å². The monoisotopic (exact) mass is 334 g/mol. The molecule has 0 bridgehead atoms. The summed E-state index contributed by atoms with van der Waals surface area (Å²) >= 11 is 1.60. The van der Waals surface area contributed by atoms with Crippen LogP contribution in [-0.4, -0.2) is 25.2 Å². The highest BCUT2D eigenvalue weighted by Gasteiger charge is 2.06. The zero-order valence-electron chi connectivity index (χ0n) is 12.7. The Kier molecular flexibility index (Phi) is 3.99. The smallest absolute Gasteiger partial charge is 0.183 e. The molecule has 0 unspecified atom stereocenters. The summed E-state index contributed by atoms with van der Waals surface area (Å²) in [6.45, 7) is 0.762. The van der Waals surface area contributed by atoms with Gasteiger partial charge >= 0.3 is 0 Å². The van der Waals surface area contributed by atoms with Crippen molar-refractivity contribution in [2.75, 3.05) is 5.32 Å². The Labute approximate surface area is 142 Å². The number of tetrazole rings is 1. The van der Waals surface area contributed by atoms with Gasteiger partial charge < -0.3 is 5.32 Å². The van der Waals surface area contributed by atoms with Crippen LogP contribution in [0.1, 0.15) is 5.56 Å². The first kappa shape index (κ1) is 14.5. The lowest BCUT2D eigenvalue weighted by molar-refractivity contribution is 0.789. The number of thiazole rings is 1. The zero-order valence-corrected chi connectivity index (χ0v) is 13.5. The fraction of sp³-hybridized carbons (Fsp3) is 0.0588. The lowest BCUT2D eigenvalue weighted by Crippen LogP contribution is -1.98. The third-order valence-electron chi connectivity index (χ3n) is 3.55. The van der Waals surface area contributed by atoms with Crippen LogP contribution in [0.5, 0.6) is 0 Å². The highest BCUT2D eigenvalue weighted by atomic mass is 32.1. The van der Waals surface area contributed by atoms with Gasteiger partial charge in [0, 0.05) is 17.5 Å². The molecule has 118 valence electrons. The predicted molar refractivity (Wildman–Crippen MR) is 94.0 cm³/mol. The van der Waals surface area contributed by atoms with E-state index in [1.807, 2.05) is 47.8 Å². The van der Waals surface area contributed by atoms with E-state index in [0.29, 0.717) is 0 Å². The minimum Gasteiger partial charge on any atom is -0.357 e. The molecule has 0 aliphatic rings. The lowest BCUT2D eigenvalue weighted by Gasteiger charge is -2.03. The van der Waals surface area contributed by atoms with Crippen LogP contribution in [0.4, 0.5) is 5.13 Å². The topological polar surface area (TPSA) is 68.5 Å². The zero-order chi connectivity index (χ0) is 16.2. The van der Waals surface area contributed by atoms with Crippen molar-refractivity contribution in [1.29, 1.82) is 0 Å². The maximum Gasteiger partial charge on any atom is 0.183 e. The quantitative estimate of drug-likeness (QED) is 0.606. The molecule has 0 aliphatic carbocycles. The normalized spacial score (nSPS) is 10.7. The average molecular weight is 334 g/mol. The Bertz CT molecular complexity index is 917. The summed E-state index contributed by atoms with van der Waals surface area (Å²) < 4.78 is 1.63. The lowest BCUT2D eigenvalue weighted by atomic mass is 10.1. The van der Waals surface area contributed by atoms with E-state index < -0.39 is 0 Å². The van der Waals surface area contributed by atoms with Crippen molar-refractivity contribution >= 4 is 16.5 Å². The second kappa shape index (κ2) is 6.59. The number of anilines is 1. The number of hydrogen-bond donors (Lipinski definition) is 1. The number of hydrogen-bond acceptors (Lipinski definition) is 6. The number of aromatic nitrogens is 5. The van der Waals surface area contributed by atoms with Crippen molar-refractivity contribution in [3.63, 3.8) is 0 Å². The molecule has 0 aliphatic heterocycles. The SMILES string of the molecule is c1ccc(CNc2nc(-c3cccc(-n4cnnn4)c3)cs2)cc1. The van der Waals surface area contributed by atoms with Gasteiger partial charge in [-0.2, -0.15) is 0 Å². The molecule has 1 N–H and O–H groups in total. The van der Waals surface area contributed by atoms with Gasteiger partial charge in [-0.3, -0.25) is 0 Å². The molecule has 0 saturated heterocycles. The number of benzene rings is 2. The molecule has 0 fully saturated rings. The summed E-state index contributed by atoms with van der Waals surface area (Å²) in [5.74, 6) is 0. The molecule has 6 nitrogen and oxygen atoms in total. The summed E-state index contributed by atoms with van der Waals surface area (Å²) in [4.78, 5) is 4.66. The molecule has 4 rings (SSSR count). The molecular weight excluding hydrogens is 320 g/mol. The standard InChI is InChI=1S/C17H14N6S/c1-2-5-13(6-3-1)10-18-17-20-16(11-24-17)14-7-4-8-15(9-14)23-12-19-21-22-23/h1-9,11-12H,10H2,(H,18,20). The Hall–Kier alpha value is -3.06. The molecule has 0 radical (unpaired) electrons. The second-order valence-corrected chi connectivity index (χ2v) is 6.04. The molecule has 0 amide bonds. The van der Waals surface area contributed by atoms with Crippen molar-refractivity contribution in [1.82, 2.24) is 25.2 Å². The molecule has 0 saturated carbocycles. The van der Waals surface area contributed by atoms with Gasteiger partial charge in [-0.1, -0.05) is 42.5 Å². The molecule has 2 aromatic carbocycles. The van der Waals surface area contributed by atoms with Gasteiger partial charge in [0.1, 0.15) is 6.33 Å². The highest BCUT2D eigenvalue weighted by Crippen LogP contribution is 2.26. The van der Waals surface area contributed by atoms with Crippen molar-refractivity contribution in [2.24, 2.45) is 0 Å². The third kappa shape index (κ3) is 3.16. The van der Waals surface area contributed by atoms with Crippen LogP contribution in [-0.2, 0) is 6.54 Å². The minimum atomic E-state index is 0.762. The van der Waals surface area contributed by atoms with Gasteiger partial charge in [0.15, 0.2) is 5.13 Å². The van der Waals surface area contributed by atoms with Crippen LogP contribution in [0.25, 0.3) is 16.9 Å². The number of nitrogens with zero attached hydrogens (tertiary/aromatic N) is 5.